The number of para-hydroxylation sites is 1. The summed E-state index contributed by atoms with van der Waals surface area (Å²) in [5.74, 6) is 0.488. The Morgan fingerprint density at radius 1 is 1.15 bits per heavy atom. The molecule has 2 heterocycles. The zero-order valence-electron chi connectivity index (χ0n) is 18.8. The number of allylic oxidation sites excluding steroid dienone is 1. The molecule has 2 aliphatic rings. The molecule has 1 amide bonds. The maximum atomic E-state index is 13.2. The zero-order valence-corrected chi connectivity index (χ0v) is 18.8. The molecular weight excluding hydrogens is 416 g/mol. The summed E-state index contributed by atoms with van der Waals surface area (Å²) in [6.07, 6.45) is 9.49. The Hall–Kier alpha value is -3.41. The second kappa shape index (κ2) is 9.22. The van der Waals surface area contributed by atoms with Gasteiger partial charge >= 0.3 is 5.97 Å². The van der Waals surface area contributed by atoms with Crippen molar-refractivity contribution in [2.45, 2.75) is 51.5 Å². The Balaban J connectivity index is 1.39. The van der Waals surface area contributed by atoms with E-state index in [-0.39, 0.29) is 18.6 Å². The fraction of sp³-hybridized carbons (Fsp3) is 0.370. The van der Waals surface area contributed by atoms with Crippen molar-refractivity contribution in [2.24, 2.45) is 5.92 Å². The number of hydrogen-bond donors (Lipinski definition) is 1. The molecule has 3 aromatic rings. The van der Waals surface area contributed by atoms with Crippen LogP contribution in [0.1, 0.15) is 66.4 Å². The number of nitrogens with one attached hydrogen (secondary N) is 1. The fourth-order valence-electron chi connectivity index (χ4n) is 5.04. The molecule has 2 aliphatic carbocycles. The van der Waals surface area contributed by atoms with Gasteiger partial charge in [0, 0.05) is 11.4 Å². The lowest BCUT2D eigenvalue weighted by Gasteiger charge is -2.29. The summed E-state index contributed by atoms with van der Waals surface area (Å²) >= 11 is 0. The van der Waals surface area contributed by atoms with Crippen LogP contribution in [0.15, 0.2) is 47.1 Å². The molecular formula is C27H28N2O4. The Kier molecular flexibility index (Phi) is 5.99. The van der Waals surface area contributed by atoms with Gasteiger partial charge in [0.2, 0.25) is 0 Å². The van der Waals surface area contributed by atoms with E-state index < -0.39 is 5.97 Å². The molecule has 0 unspecified atom stereocenters. The molecule has 1 aromatic carbocycles. The zero-order chi connectivity index (χ0) is 22.8. The predicted molar refractivity (Wildman–Crippen MR) is 126 cm³/mol. The maximum absolute atomic E-state index is 13.2. The largest absolute Gasteiger partial charge is 0.465 e. The van der Waals surface area contributed by atoms with Crippen molar-refractivity contribution in [3.63, 3.8) is 0 Å². The normalized spacial score (nSPS) is 21.2. The minimum absolute atomic E-state index is 0.158. The van der Waals surface area contributed by atoms with Crippen molar-refractivity contribution < 1.29 is 18.7 Å². The van der Waals surface area contributed by atoms with Gasteiger partial charge in [0.15, 0.2) is 6.61 Å². The van der Waals surface area contributed by atoms with Crippen LogP contribution in [-0.4, -0.2) is 29.5 Å². The number of carbonyl (C=O) groups excluding carboxylic acids is 2. The third-order valence-corrected chi connectivity index (χ3v) is 6.80. The van der Waals surface area contributed by atoms with Crippen molar-refractivity contribution in [2.75, 3.05) is 6.61 Å². The number of benzene rings is 1. The number of pyridine rings is 1. The average molecular weight is 445 g/mol. The number of hydrogen-bond acceptors (Lipinski definition) is 5. The van der Waals surface area contributed by atoms with Crippen molar-refractivity contribution in [1.29, 1.82) is 0 Å². The van der Waals surface area contributed by atoms with E-state index in [9.17, 15) is 9.59 Å². The molecule has 2 atom stereocenters. The van der Waals surface area contributed by atoms with Crippen molar-refractivity contribution in [1.82, 2.24) is 10.3 Å². The highest BCUT2D eigenvalue weighted by atomic mass is 16.5. The lowest BCUT2D eigenvalue weighted by Crippen LogP contribution is -2.42. The third kappa shape index (κ3) is 4.42. The summed E-state index contributed by atoms with van der Waals surface area (Å²) in [7, 11) is 0. The molecule has 0 radical (unpaired) electrons. The van der Waals surface area contributed by atoms with Crippen LogP contribution < -0.4 is 5.32 Å². The number of furan rings is 1. The monoisotopic (exact) mass is 444 g/mol. The minimum atomic E-state index is -0.476. The molecule has 0 spiro atoms. The van der Waals surface area contributed by atoms with Gasteiger partial charge in [-0.25, -0.2) is 9.78 Å². The summed E-state index contributed by atoms with van der Waals surface area (Å²) < 4.78 is 11.0. The first-order valence-electron chi connectivity index (χ1n) is 11.7. The van der Waals surface area contributed by atoms with E-state index in [1.807, 2.05) is 42.5 Å². The first-order chi connectivity index (χ1) is 16.1. The molecule has 0 aliphatic heterocycles. The number of nitrogens with zero attached hydrogens (tertiary/aromatic N) is 1. The number of esters is 1. The molecule has 1 N–H and O–H groups in total. The Morgan fingerprint density at radius 3 is 2.82 bits per heavy atom. The molecule has 5 rings (SSSR count). The first kappa shape index (κ1) is 21.4. The minimum Gasteiger partial charge on any atom is -0.465 e. The number of carbonyl (C=O) groups is 2. The van der Waals surface area contributed by atoms with E-state index in [1.165, 1.54) is 6.42 Å². The summed E-state index contributed by atoms with van der Waals surface area (Å²) in [5.41, 5.74) is 3.95. The van der Waals surface area contributed by atoms with Crippen LogP contribution in [0.25, 0.3) is 22.6 Å². The highest BCUT2D eigenvalue weighted by Gasteiger charge is 2.29. The van der Waals surface area contributed by atoms with Crippen molar-refractivity contribution in [3.05, 3.63) is 65.2 Å². The molecule has 33 heavy (non-hydrogen) atoms. The Bertz CT molecular complexity index is 1210. The molecule has 1 saturated carbocycles. The van der Waals surface area contributed by atoms with E-state index >= 15 is 0 Å². The standard InChI is InChI=1S/C27H28N2O4/c1-17-7-2-4-10-22(17)28-24(30)16-33-27(31)25-20-9-3-5-11-23(20)29-26-18(12-13-21(25)26)15-19-8-6-14-32-19/h3,5-6,8-9,11,14-15,17,22H,2,4,7,10,12-13,16H2,1H3,(H,28,30)/b18-15+/t17-,22-/m0/s1. The van der Waals surface area contributed by atoms with Crippen LogP contribution in [0.2, 0.25) is 0 Å². The van der Waals surface area contributed by atoms with Crippen molar-refractivity contribution in [3.8, 4) is 0 Å². The van der Waals surface area contributed by atoms with Gasteiger partial charge < -0.3 is 14.5 Å². The van der Waals surface area contributed by atoms with E-state index in [2.05, 4.69) is 12.2 Å². The van der Waals surface area contributed by atoms with Crippen molar-refractivity contribution >= 4 is 34.4 Å². The quantitative estimate of drug-likeness (QED) is 0.549. The summed E-state index contributed by atoms with van der Waals surface area (Å²) in [4.78, 5) is 30.6. The van der Waals surface area contributed by atoms with Crippen LogP contribution in [0, 0.1) is 5.92 Å². The number of rotatable bonds is 5. The summed E-state index contributed by atoms with van der Waals surface area (Å²) in [5, 5.41) is 3.80. The molecule has 2 aromatic heterocycles. The van der Waals surface area contributed by atoms with Crippen LogP contribution in [0.5, 0.6) is 0 Å². The van der Waals surface area contributed by atoms with Gasteiger partial charge in [-0.3, -0.25) is 4.79 Å². The predicted octanol–water partition coefficient (Wildman–Crippen LogP) is 5.17. The van der Waals surface area contributed by atoms with E-state index in [1.54, 1.807) is 6.26 Å². The smallest absolute Gasteiger partial charge is 0.339 e. The number of ether oxygens (including phenoxy) is 1. The number of aromatic nitrogens is 1. The van der Waals surface area contributed by atoms with Gasteiger partial charge in [-0.15, -0.1) is 0 Å². The second-order valence-electron chi connectivity index (χ2n) is 9.03. The van der Waals surface area contributed by atoms with Crippen LogP contribution in [0.3, 0.4) is 0 Å². The average Bonchev–Trinajstić information content (AvgIpc) is 3.48. The fourth-order valence-corrected chi connectivity index (χ4v) is 5.04. The van der Waals surface area contributed by atoms with E-state index in [0.29, 0.717) is 17.9 Å². The van der Waals surface area contributed by atoms with Gasteiger partial charge in [0.25, 0.3) is 5.91 Å². The maximum Gasteiger partial charge on any atom is 0.339 e. The van der Waals surface area contributed by atoms with Crippen LogP contribution in [-0.2, 0) is 16.0 Å². The van der Waals surface area contributed by atoms with Crippen LogP contribution >= 0.6 is 0 Å². The molecule has 170 valence electrons. The Labute approximate surface area is 193 Å². The SMILES string of the molecule is C[C@H]1CCCC[C@@H]1NC(=O)COC(=O)c1c2c(nc3ccccc13)/C(=C/c1ccco1)CC2. The molecule has 0 saturated heterocycles. The highest BCUT2D eigenvalue weighted by molar-refractivity contribution is 6.07. The number of amides is 1. The number of fused-ring (bicyclic) bond motifs is 2. The Morgan fingerprint density at radius 2 is 2.00 bits per heavy atom. The van der Waals surface area contributed by atoms with Gasteiger partial charge in [0.05, 0.1) is 23.0 Å². The lowest BCUT2D eigenvalue weighted by atomic mass is 9.86. The summed E-state index contributed by atoms with van der Waals surface area (Å²) in [6, 6.07) is 11.5. The third-order valence-electron chi connectivity index (χ3n) is 6.80. The van der Waals surface area contributed by atoms with Gasteiger partial charge in [-0.1, -0.05) is 38.0 Å². The molecule has 0 bridgehead atoms. The van der Waals surface area contributed by atoms with Gasteiger partial charge in [-0.2, -0.15) is 0 Å². The lowest BCUT2D eigenvalue weighted by molar-refractivity contribution is -0.125. The first-order valence-corrected chi connectivity index (χ1v) is 11.7. The second-order valence-corrected chi connectivity index (χ2v) is 9.03. The topological polar surface area (TPSA) is 81.4 Å². The highest BCUT2D eigenvalue weighted by Crippen LogP contribution is 2.37. The van der Waals surface area contributed by atoms with Gasteiger partial charge in [0.1, 0.15) is 5.76 Å². The van der Waals surface area contributed by atoms with E-state index in [0.717, 1.165) is 59.2 Å². The van der Waals surface area contributed by atoms with Crippen LogP contribution in [0.4, 0.5) is 0 Å². The molecule has 6 nitrogen and oxygen atoms in total. The molecule has 6 heteroatoms. The van der Waals surface area contributed by atoms with E-state index in [4.69, 9.17) is 14.1 Å². The summed E-state index contributed by atoms with van der Waals surface area (Å²) in [6.45, 7) is 1.89. The molecule has 1 fully saturated rings. The van der Waals surface area contributed by atoms with Gasteiger partial charge in [-0.05, 0) is 67.0 Å².